The van der Waals surface area contributed by atoms with Gasteiger partial charge < -0.3 is 5.73 Å². The van der Waals surface area contributed by atoms with E-state index in [0.717, 1.165) is 13.0 Å². The fourth-order valence-corrected chi connectivity index (χ4v) is 2.06. The Kier molecular flexibility index (Phi) is 6.90. The lowest BCUT2D eigenvalue weighted by atomic mass is 10.1. The normalized spacial score (nSPS) is 16.5. The molecule has 0 heterocycles. The van der Waals surface area contributed by atoms with Gasteiger partial charge in [-0.2, -0.15) is 11.8 Å². The summed E-state index contributed by atoms with van der Waals surface area (Å²) in [7, 11) is 2.17. The van der Waals surface area contributed by atoms with E-state index in [2.05, 4.69) is 32.1 Å². The van der Waals surface area contributed by atoms with E-state index < -0.39 is 0 Å². The minimum absolute atomic E-state index is 0.548. The second kappa shape index (κ2) is 6.75. The van der Waals surface area contributed by atoms with Crippen molar-refractivity contribution in [1.29, 1.82) is 0 Å². The summed E-state index contributed by atoms with van der Waals surface area (Å²) in [6, 6.07) is 1.18. The van der Waals surface area contributed by atoms with Gasteiger partial charge in [0, 0.05) is 24.4 Å². The van der Waals surface area contributed by atoms with Crippen LogP contribution in [0.25, 0.3) is 0 Å². The Bertz CT molecular complexity index is 105. The molecule has 0 rings (SSSR count). The number of rotatable bonds is 6. The van der Waals surface area contributed by atoms with E-state index in [-0.39, 0.29) is 0 Å². The summed E-state index contributed by atoms with van der Waals surface area (Å²) in [5, 5.41) is 0. The van der Waals surface area contributed by atoms with Crippen LogP contribution in [0.1, 0.15) is 20.3 Å². The van der Waals surface area contributed by atoms with Crippen LogP contribution in [0.4, 0.5) is 0 Å². The molecule has 0 bridgehead atoms. The fourth-order valence-electron chi connectivity index (χ4n) is 1.34. The van der Waals surface area contributed by atoms with Crippen molar-refractivity contribution in [3.05, 3.63) is 0 Å². The monoisotopic (exact) mass is 190 g/mol. The molecule has 12 heavy (non-hydrogen) atoms. The molecule has 0 radical (unpaired) electrons. The summed E-state index contributed by atoms with van der Waals surface area (Å²) in [6.45, 7) is 5.22. The molecule has 2 nitrogen and oxygen atoms in total. The van der Waals surface area contributed by atoms with Crippen molar-refractivity contribution in [3.63, 3.8) is 0 Å². The lowest BCUT2D eigenvalue weighted by molar-refractivity contribution is 0.198. The van der Waals surface area contributed by atoms with E-state index in [0.29, 0.717) is 12.1 Å². The first-order chi connectivity index (χ1) is 5.67. The largest absolute Gasteiger partial charge is 0.329 e. The molecule has 0 aromatic carbocycles. The van der Waals surface area contributed by atoms with E-state index in [9.17, 15) is 0 Å². The first-order valence-corrected chi connectivity index (χ1v) is 5.97. The summed E-state index contributed by atoms with van der Waals surface area (Å²) < 4.78 is 0. The van der Waals surface area contributed by atoms with Gasteiger partial charge in [-0.1, -0.05) is 6.92 Å². The van der Waals surface area contributed by atoms with E-state index in [4.69, 9.17) is 5.73 Å². The van der Waals surface area contributed by atoms with Crippen LogP contribution in [0.2, 0.25) is 0 Å². The third kappa shape index (κ3) is 3.78. The van der Waals surface area contributed by atoms with E-state index in [1.165, 1.54) is 5.75 Å². The summed E-state index contributed by atoms with van der Waals surface area (Å²) >= 11 is 1.89. The van der Waals surface area contributed by atoms with Gasteiger partial charge in [-0.25, -0.2) is 0 Å². The van der Waals surface area contributed by atoms with Gasteiger partial charge in [-0.05, 0) is 26.6 Å². The average molecular weight is 190 g/mol. The lowest BCUT2D eigenvalue weighted by Gasteiger charge is -2.31. The number of likely N-dealkylation sites (N-methyl/N-ethyl adjacent to an activating group) is 1. The summed E-state index contributed by atoms with van der Waals surface area (Å²) in [4.78, 5) is 2.39. The smallest absolute Gasteiger partial charge is 0.0215 e. The van der Waals surface area contributed by atoms with Crippen LogP contribution < -0.4 is 5.73 Å². The molecule has 2 N–H and O–H groups in total. The molecule has 0 aliphatic rings. The predicted molar refractivity (Wildman–Crippen MR) is 58.7 cm³/mol. The van der Waals surface area contributed by atoms with Gasteiger partial charge in [-0.3, -0.25) is 4.90 Å². The molecule has 0 fully saturated rings. The molecule has 3 heteroatoms. The maximum atomic E-state index is 5.67. The van der Waals surface area contributed by atoms with Crippen LogP contribution in [-0.2, 0) is 0 Å². The van der Waals surface area contributed by atoms with Crippen molar-refractivity contribution in [3.8, 4) is 0 Å². The fraction of sp³-hybridized carbons (Fsp3) is 1.00. The molecule has 0 aromatic rings. The molecule has 2 unspecified atom stereocenters. The van der Waals surface area contributed by atoms with Crippen molar-refractivity contribution in [2.45, 2.75) is 32.4 Å². The van der Waals surface area contributed by atoms with Crippen LogP contribution in [0, 0.1) is 0 Å². The molecule has 0 saturated heterocycles. The molecule has 0 saturated carbocycles. The Hall–Kier alpha value is 0.270. The molecule has 0 aliphatic heterocycles. The van der Waals surface area contributed by atoms with Gasteiger partial charge in [0.2, 0.25) is 0 Å². The minimum Gasteiger partial charge on any atom is -0.329 e. The van der Waals surface area contributed by atoms with E-state index in [1.807, 2.05) is 11.8 Å². The van der Waals surface area contributed by atoms with Crippen LogP contribution in [0.5, 0.6) is 0 Å². The van der Waals surface area contributed by atoms with Gasteiger partial charge in [0.1, 0.15) is 0 Å². The number of nitrogens with two attached hydrogens (primary N) is 1. The molecule has 74 valence electrons. The molecular weight excluding hydrogens is 168 g/mol. The quantitative estimate of drug-likeness (QED) is 0.686. The Morgan fingerprint density at radius 2 is 2.08 bits per heavy atom. The molecule has 2 atom stereocenters. The Morgan fingerprint density at radius 3 is 2.42 bits per heavy atom. The second-order valence-corrected chi connectivity index (χ2v) is 4.18. The number of nitrogens with zero attached hydrogens (tertiary/aromatic N) is 1. The van der Waals surface area contributed by atoms with Crippen LogP contribution in [-0.4, -0.2) is 42.6 Å². The Balaban J connectivity index is 3.87. The summed E-state index contributed by atoms with van der Waals surface area (Å²) in [5.74, 6) is 1.19. The maximum absolute atomic E-state index is 5.67. The Labute approximate surface area is 80.9 Å². The van der Waals surface area contributed by atoms with Crippen molar-refractivity contribution in [2.75, 3.05) is 25.6 Å². The zero-order valence-corrected chi connectivity index (χ0v) is 9.53. The van der Waals surface area contributed by atoms with E-state index in [1.54, 1.807) is 0 Å². The first kappa shape index (κ1) is 12.3. The highest BCUT2D eigenvalue weighted by molar-refractivity contribution is 7.98. The number of hydrogen-bond acceptors (Lipinski definition) is 3. The second-order valence-electron chi connectivity index (χ2n) is 3.27. The van der Waals surface area contributed by atoms with Gasteiger partial charge in [0.25, 0.3) is 0 Å². The highest BCUT2D eigenvalue weighted by atomic mass is 32.2. The highest BCUT2D eigenvalue weighted by Gasteiger charge is 2.15. The molecule has 0 aliphatic carbocycles. The summed E-state index contributed by atoms with van der Waals surface area (Å²) in [6.07, 6.45) is 3.29. The van der Waals surface area contributed by atoms with Crippen molar-refractivity contribution < 1.29 is 0 Å². The first-order valence-electron chi connectivity index (χ1n) is 4.58. The van der Waals surface area contributed by atoms with Crippen molar-refractivity contribution >= 4 is 11.8 Å². The van der Waals surface area contributed by atoms with Gasteiger partial charge in [0.05, 0.1) is 0 Å². The Morgan fingerprint density at radius 1 is 1.50 bits per heavy atom. The molecule has 0 spiro atoms. The lowest BCUT2D eigenvalue weighted by Crippen LogP contribution is -2.43. The SMILES string of the molecule is CCC(CN)N(C)C(C)CSC. The van der Waals surface area contributed by atoms with Crippen molar-refractivity contribution in [1.82, 2.24) is 4.90 Å². The van der Waals surface area contributed by atoms with Crippen LogP contribution >= 0.6 is 11.8 Å². The zero-order valence-electron chi connectivity index (χ0n) is 8.71. The van der Waals surface area contributed by atoms with E-state index >= 15 is 0 Å². The van der Waals surface area contributed by atoms with Gasteiger partial charge >= 0.3 is 0 Å². The van der Waals surface area contributed by atoms with Gasteiger partial charge in [0.15, 0.2) is 0 Å². The predicted octanol–water partition coefficient (Wildman–Crippen LogP) is 1.41. The van der Waals surface area contributed by atoms with Gasteiger partial charge in [-0.15, -0.1) is 0 Å². The standard InChI is InChI=1S/C9H22N2S/c1-5-9(6-10)11(3)8(2)7-12-4/h8-9H,5-7,10H2,1-4H3. The topological polar surface area (TPSA) is 29.3 Å². The molecule has 0 aromatic heterocycles. The average Bonchev–Trinajstić information content (AvgIpc) is 2.07. The third-order valence-electron chi connectivity index (χ3n) is 2.42. The number of hydrogen-bond donors (Lipinski definition) is 1. The highest BCUT2D eigenvalue weighted by Crippen LogP contribution is 2.08. The minimum atomic E-state index is 0.548. The molecule has 0 amide bonds. The zero-order chi connectivity index (χ0) is 9.56. The third-order valence-corrected chi connectivity index (χ3v) is 3.24. The van der Waals surface area contributed by atoms with Crippen LogP contribution in [0.15, 0.2) is 0 Å². The summed E-state index contributed by atoms with van der Waals surface area (Å²) in [5.41, 5.74) is 5.67. The number of thioether (sulfide) groups is 1. The molecular formula is C9H22N2S. The van der Waals surface area contributed by atoms with Crippen LogP contribution in [0.3, 0.4) is 0 Å². The maximum Gasteiger partial charge on any atom is 0.0215 e. The van der Waals surface area contributed by atoms with Crippen molar-refractivity contribution in [2.24, 2.45) is 5.73 Å².